The molecule has 3 aromatic rings. The maximum atomic E-state index is 13.8. The maximum Gasteiger partial charge on any atom is 0.410 e. The van der Waals surface area contributed by atoms with Gasteiger partial charge in [-0.1, -0.05) is 34.1 Å². The van der Waals surface area contributed by atoms with Gasteiger partial charge in [0.1, 0.15) is 17.1 Å². The number of anilines is 2. The monoisotopic (exact) mass is 480 g/mol. The van der Waals surface area contributed by atoms with Crippen LogP contribution < -0.4 is 10.6 Å². The molecule has 0 radical (unpaired) electrons. The van der Waals surface area contributed by atoms with Crippen LogP contribution in [0.3, 0.4) is 0 Å². The lowest BCUT2D eigenvalue weighted by Gasteiger charge is -2.34. The van der Waals surface area contributed by atoms with E-state index in [1.807, 2.05) is 0 Å². The van der Waals surface area contributed by atoms with E-state index in [2.05, 4.69) is 31.7 Å². The van der Waals surface area contributed by atoms with E-state index in [-0.39, 0.29) is 23.6 Å². The van der Waals surface area contributed by atoms with Gasteiger partial charge in [-0.25, -0.2) is 4.68 Å². The molecule has 156 valence electrons. The number of phenolic OH excluding ortho intramolecular Hbond substituents is 1. The van der Waals surface area contributed by atoms with Crippen LogP contribution >= 0.6 is 15.9 Å². The number of alkyl halides is 3. The van der Waals surface area contributed by atoms with Crippen molar-refractivity contribution >= 4 is 33.3 Å². The maximum absolute atomic E-state index is 13.8. The van der Waals surface area contributed by atoms with Crippen molar-refractivity contribution in [1.82, 2.24) is 9.78 Å². The lowest BCUT2D eigenvalue weighted by atomic mass is 9.96. The molecule has 2 heterocycles. The fraction of sp³-hybridized carbons (Fsp3) is 0.200. The molecule has 0 spiro atoms. The smallest absolute Gasteiger partial charge is 0.410 e. The van der Waals surface area contributed by atoms with Crippen LogP contribution in [0, 0.1) is 0 Å². The van der Waals surface area contributed by atoms with Crippen LogP contribution in [-0.2, 0) is 0 Å². The topological polar surface area (TPSA) is 79.2 Å². The second-order valence-electron chi connectivity index (χ2n) is 6.90. The number of phenols is 1. The van der Waals surface area contributed by atoms with Crippen LogP contribution in [0.2, 0.25) is 0 Å². The van der Waals surface area contributed by atoms with Crippen molar-refractivity contribution in [2.45, 2.75) is 24.7 Å². The minimum Gasteiger partial charge on any atom is -0.508 e. The number of amides is 1. The second kappa shape index (κ2) is 7.67. The zero-order valence-corrected chi connectivity index (χ0v) is 16.9. The van der Waals surface area contributed by atoms with Gasteiger partial charge in [-0.3, -0.25) is 4.79 Å². The Bertz CT molecular complexity index is 1080. The number of carbonyl (C=O) groups excluding carboxylic acids is 1. The molecule has 1 aliphatic rings. The van der Waals surface area contributed by atoms with Gasteiger partial charge in [0.15, 0.2) is 6.04 Å². The lowest BCUT2D eigenvalue weighted by Crippen LogP contribution is -2.36. The van der Waals surface area contributed by atoms with E-state index in [9.17, 15) is 23.1 Å². The number of hydrogen-bond donors (Lipinski definition) is 3. The molecule has 10 heteroatoms. The molecule has 0 fully saturated rings. The van der Waals surface area contributed by atoms with E-state index in [1.54, 1.807) is 36.4 Å². The molecule has 30 heavy (non-hydrogen) atoms. The Morgan fingerprint density at radius 3 is 2.63 bits per heavy atom. The molecule has 1 aromatic heterocycles. The Balaban J connectivity index is 1.69. The zero-order chi connectivity index (χ0) is 21.5. The standard InChI is InChI=1S/C20H16BrF3N4O2/c21-12-6-4-11(5-7-12)16-9-17(20(22,23)24)28-18(27-16)15(10-25-28)19(30)26-13-2-1-3-14(29)8-13/h1-8,10,16-17,27,29H,9H2,(H,26,30)/t16-,17-/m0/s1. The van der Waals surface area contributed by atoms with Crippen molar-refractivity contribution in [2.24, 2.45) is 0 Å². The van der Waals surface area contributed by atoms with Gasteiger partial charge in [0.25, 0.3) is 5.91 Å². The van der Waals surface area contributed by atoms with Crippen LogP contribution in [-0.4, -0.2) is 27.0 Å². The number of halogens is 4. The third-order valence-electron chi connectivity index (χ3n) is 4.86. The normalized spacial score (nSPS) is 18.4. The van der Waals surface area contributed by atoms with Gasteiger partial charge >= 0.3 is 6.18 Å². The molecule has 0 saturated heterocycles. The summed E-state index contributed by atoms with van der Waals surface area (Å²) in [5.41, 5.74) is 0.959. The summed E-state index contributed by atoms with van der Waals surface area (Å²) in [6.07, 6.45) is -3.67. The molecule has 2 atom stereocenters. The van der Waals surface area contributed by atoms with Gasteiger partial charge in [-0.2, -0.15) is 18.3 Å². The van der Waals surface area contributed by atoms with Crippen molar-refractivity contribution in [1.29, 1.82) is 0 Å². The van der Waals surface area contributed by atoms with Crippen molar-refractivity contribution in [3.8, 4) is 5.75 Å². The third-order valence-corrected chi connectivity index (χ3v) is 5.39. The first kappa shape index (κ1) is 20.3. The first-order chi connectivity index (χ1) is 14.2. The summed E-state index contributed by atoms with van der Waals surface area (Å²) in [7, 11) is 0. The predicted molar refractivity (Wildman–Crippen MR) is 109 cm³/mol. The van der Waals surface area contributed by atoms with Crippen LogP contribution in [0.1, 0.15) is 34.4 Å². The van der Waals surface area contributed by atoms with Crippen molar-refractivity contribution in [3.63, 3.8) is 0 Å². The molecule has 0 saturated carbocycles. The number of fused-ring (bicyclic) bond motifs is 1. The summed E-state index contributed by atoms with van der Waals surface area (Å²) >= 11 is 3.31. The van der Waals surface area contributed by atoms with Gasteiger partial charge in [0, 0.05) is 22.6 Å². The number of nitrogens with zero attached hydrogens (tertiary/aromatic N) is 2. The SMILES string of the molecule is O=C(Nc1cccc(O)c1)c1cnn2c1N[C@H](c1ccc(Br)cc1)C[C@H]2C(F)(F)F. The molecule has 1 amide bonds. The van der Waals surface area contributed by atoms with Crippen LogP contribution in [0.25, 0.3) is 0 Å². The van der Waals surface area contributed by atoms with Gasteiger partial charge in [-0.05, 0) is 29.8 Å². The molecule has 0 unspecified atom stereocenters. The Labute approximate surface area is 177 Å². The van der Waals surface area contributed by atoms with Crippen molar-refractivity contribution < 1.29 is 23.1 Å². The average molecular weight is 481 g/mol. The zero-order valence-electron chi connectivity index (χ0n) is 15.3. The Morgan fingerprint density at radius 2 is 1.97 bits per heavy atom. The van der Waals surface area contributed by atoms with E-state index in [4.69, 9.17) is 0 Å². The van der Waals surface area contributed by atoms with E-state index < -0.39 is 24.2 Å². The first-order valence-corrected chi connectivity index (χ1v) is 9.78. The van der Waals surface area contributed by atoms with Gasteiger partial charge in [0.05, 0.1) is 12.2 Å². The quantitative estimate of drug-likeness (QED) is 0.477. The van der Waals surface area contributed by atoms with Gasteiger partial charge in [-0.15, -0.1) is 0 Å². The van der Waals surface area contributed by atoms with Crippen LogP contribution in [0.4, 0.5) is 24.7 Å². The number of rotatable bonds is 3. The summed E-state index contributed by atoms with van der Waals surface area (Å²) in [5.74, 6) is -0.684. The van der Waals surface area contributed by atoms with E-state index in [1.165, 1.54) is 12.1 Å². The molecular weight excluding hydrogens is 465 g/mol. The largest absolute Gasteiger partial charge is 0.508 e. The van der Waals surface area contributed by atoms with E-state index >= 15 is 0 Å². The van der Waals surface area contributed by atoms with E-state index in [0.29, 0.717) is 11.3 Å². The molecule has 2 aromatic carbocycles. The summed E-state index contributed by atoms with van der Waals surface area (Å²) in [5, 5.41) is 19.0. The predicted octanol–water partition coefficient (Wildman–Crippen LogP) is 5.26. The highest BCUT2D eigenvalue weighted by molar-refractivity contribution is 9.10. The van der Waals surface area contributed by atoms with Crippen molar-refractivity contribution in [3.05, 3.63) is 70.3 Å². The lowest BCUT2D eigenvalue weighted by molar-refractivity contribution is -0.173. The van der Waals surface area contributed by atoms with Crippen molar-refractivity contribution in [2.75, 3.05) is 10.6 Å². The number of aromatic nitrogens is 2. The highest BCUT2D eigenvalue weighted by Gasteiger charge is 2.47. The second-order valence-corrected chi connectivity index (χ2v) is 7.81. The summed E-state index contributed by atoms with van der Waals surface area (Å²) in [6.45, 7) is 0. The minimum absolute atomic E-state index is 0.00542. The average Bonchev–Trinajstić information content (AvgIpc) is 3.11. The molecule has 6 nitrogen and oxygen atoms in total. The number of aromatic hydroxyl groups is 1. The third kappa shape index (κ3) is 4.00. The van der Waals surface area contributed by atoms with Crippen LogP contribution in [0.5, 0.6) is 5.75 Å². The molecule has 0 aliphatic carbocycles. The first-order valence-electron chi connectivity index (χ1n) is 8.99. The summed E-state index contributed by atoms with van der Waals surface area (Å²) in [4.78, 5) is 12.7. The van der Waals surface area contributed by atoms with Gasteiger partial charge < -0.3 is 15.7 Å². The minimum atomic E-state index is -4.53. The van der Waals surface area contributed by atoms with Crippen LogP contribution in [0.15, 0.2) is 59.2 Å². The molecule has 4 rings (SSSR count). The van der Waals surface area contributed by atoms with E-state index in [0.717, 1.165) is 15.4 Å². The number of nitrogens with one attached hydrogen (secondary N) is 2. The molecular formula is C20H16BrF3N4O2. The summed E-state index contributed by atoms with van der Waals surface area (Å²) in [6, 6.07) is 10.3. The highest BCUT2D eigenvalue weighted by atomic mass is 79.9. The fourth-order valence-corrected chi connectivity index (χ4v) is 3.69. The summed E-state index contributed by atoms with van der Waals surface area (Å²) < 4.78 is 42.9. The number of benzene rings is 2. The molecule has 0 bridgehead atoms. The molecule has 1 aliphatic heterocycles. The molecule has 3 N–H and O–H groups in total. The fourth-order valence-electron chi connectivity index (χ4n) is 3.42. The Hall–Kier alpha value is -3.01. The Kier molecular flexibility index (Phi) is 5.19. The highest BCUT2D eigenvalue weighted by Crippen LogP contribution is 2.44. The number of carbonyl (C=O) groups is 1. The Morgan fingerprint density at radius 1 is 1.23 bits per heavy atom. The number of hydrogen-bond acceptors (Lipinski definition) is 4. The van der Waals surface area contributed by atoms with Gasteiger partial charge in [0.2, 0.25) is 0 Å².